The molecule has 0 radical (unpaired) electrons. The van der Waals surface area contributed by atoms with Gasteiger partial charge in [0.1, 0.15) is 12.9 Å². The first kappa shape index (κ1) is 14.6. The van der Waals surface area contributed by atoms with Crippen molar-refractivity contribution < 1.29 is 27.3 Å². The first-order valence-electron chi connectivity index (χ1n) is 4.76. The Bertz CT molecular complexity index is 522. The molecular formula is C10H11F3NO3P. The largest absolute Gasteiger partial charge is 0.420 e. The second-order valence-electron chi connectivity index (χ2n) is 3.95. The molecule has 0 bridgehead atoms. The molecule has 0 aliphatic carbocycles. The molecule has 0 saturated carbocycles. The predicted octanol–water partition coefficient (Wildman–Crippen LogP) is 2.41. The van der Waals surface area contributed by atoms with E-state index in [0.717, 1.165) is 6.07 Å². The quantitative estimate of drug-likeness (QED) is 0.846. The monoisotopic (exact) mass is 281 g/mol. The van der Waals surface area contributed by atoms with E-state index < -0.39 is 30.7 Å². The van der Waals surface area contributed by atoms with E-state index in [1.165, 1.54) is 19.4 Å². The molecule has 0 heterocycles. The Balaban J connectivity index is 3.39. The summed E-state index contributed by atoms with van der Waals surface area (Å²) in [4.78, 5) is 10.5. The molecule has 0 aliphatic rings. The van der Waals surface area contributed by atoms with E-state index in [0.29, 0.717) is 6.07 Å². The molecule has 0 fully saturated rings. The van der Waals surface area contributed by atoms with Gasteiger partial charge in [0.2, 0.25) is 0 Å². The standard InChI is InChI=1S/C10H11F3NO3P/c1-18(2,16)6-3-4-8(17-9(14)15)7(5-6)10(11,12)13/h3-5H,1-2H3,(H2,14,15). The highest BCUT2D eigenvalue weighted by molar-refractivity contribution is 7.70. The van der Waals surface area contributed by atoms with Crippen LogP contribution in [0.1, 0.15) is 5.56 Å². The van der Waals surface area contributed by atoms with Crippen molar-refractivity contribution in [3.8, 4) is 5.75 Å². The van der Waals surface area contributed by atoms with Gasteiger partial charge in [-0.25, -0.2) is 4.79 Å². The molecule has 0 unspecified atom stereocenters. The lowest BCUT2D eigenvalue weighted by atomic mass is 10.2. The van der Waals surface area contributed by atoms with Crippen LogP contribution in [0.15, 0.2) is 18.2 Å². The van der Waals surface area contributed by atoms with Gasteiger partial charge >= 0.3 is 12.3 Å². The summed E-state index contributed by atoms with van der Waals surface area (Å²) in [6, 6.07) is 2.86. The minimum Gasteiger partial charge on any atom is -0.410 e. The highest BCUT2D eigenvalue weighted by Gasteiger charge is 2.36. The fraction of sp³-hybridized carbons (Fsp3) is 0.300. The van der Waals surface area contributed by atoms with Gasteiger partial charge in [-0.2, -0.15) is 13.2 Å². The van der Waals surface area contributed by atoms with Crippen LogP contribution >= 0.6 is 7.14 Å². The number of nitrogens with two attached hydrogens (primary N) is 1. The molecule has 4 nitrogen and oxygen atoms in total. The summed E-state index contributed by atoms with van der Waals surface area (Å²) in [7, 11) is -2.84. The van der Waals surface area contributed by atoms with Gasteiger partial charge in [-0.3, -0.25) is 0 Å². The number of hydrogen-bond acceptors (Lipinski definition) is 3. The molecule has 0 aromatic heterocycles. The normalized spacial score (nSPS) is 12.3. The molecule has 1 aromatic carbocycles. The minimum atomic E-state index is -4.73. The third-order valence-electron chi connectivity index (χ3n) is 2.10. The Labute approximate surface area is 101 Å². The number of amides is 1. The molecule has 8 heteroatoms. The van der Waals surface area contributed by atoms with Crippen LogP contribution in [0.5, 0.6) is 5.75 Å². The maximum absolute atomic E-state index is 12.7. The molecular weight excluding hydrogens is 270 g/mol. The van der Waals surface area contributed by atoms with E-state index in [2.05, 4.69) is 10.5 Å². The number of halogens is 3. The van der Waals surface area contributed by atoms with Crippen molar-refractivity contribution in [1.29, 1.82) is 0 Å². The Morgan fingerprint density at radius 2 is 1.89 bits per heavy atom. The van der Waals surface area contributed by atoms with Crippen molar-refractivity contribution in [1.82, 2.24) is 0 Å². The molecule has 0 atom stereocenters. The summed E-state index contributed by atoms with van der Waals surface area (Å²) in [5.74, 6) is -0.702. The van der Waals surface area contributed by atoms with Crippen LogP contribution in [-0.4, -0.2) is 19.4 Å². The van der Waals surface area contributed by atoms with Gasteiger partial charge in [0.15, 0.2) is 0 Å². The maximum Gasteiger partial charge on any atom is 0.420 e. The van der Waals surface area contributed by atoms with Gasteiger partial charge in [-0.05, 0) is 31.5 Å². The maximum atomic E-state index is 12.7. The molecule has 0 aliphatic heterocycles. The SMILES string of the molecule is CP(C)(=O)c1ccc(OC(N)=O)c(C(F)(F)F)c1. The number of alkyl halides is 3. The summed E-state index contributed by atoms with van der Waals surface area (Å²) >= 11 is 0. The van der Waals surface area contributed by atoms with Gasteiger partial charge in [-0.1, -0.05) is 0 Å². The van der Waals surface area contributed by atoms with E-state index in [1.807, 2.05) is 0 Å². The van der Waals surface area contributed by atoms with Crippen LogP contribution in [0.4, 0.5) is 18.0 Å². The summed E-state index contributed by atoms with van der Waals surface area (Å²) in [5, 5.41) is 0.0478. The average Bonchev–Trinajstić information content (AvgIpc) is 2.13. The van der Waals surface area contributed by atoms with Crippen LogP contribution in [0.25, 0.3) is 0 Å². The fourth-order valence-corrected chi connectivity index (χ4v) is 2.15. The second-order valence-corrected chi connectivity index (χ2v) is 7.17. The molecule has 1 amide bonds. The Morgan fingerprint density at radius 1 is 1.33 bits per heavy atom. The predicted molar refractivity (Wildman–Crippen MR) is 60.7 cm³/mol. The Kier molecular flexibility index (Phi) is 3.76. The lowest BCUT2D eigenvalue weighted by Crippen LogP contribution is -2.20. The highest BCUT2D eigenvalue weighted by atomic mass is 31.2. The van der Waals surface area contributed by atoms with Crippen molar-refractivity contribution in [2.75, 3.05) is 13.3 Å². The second kappa shape index (κ2) is 4.65. The fourth-order valence-electron chi connectivity index (χ4n) is 1.27. The number of hydrogen-bond donors (Lipinski definition) is 1. The smallest absolute Gasteiger partial charge is 0.410 e. The summed E-state index contributed by atoms with van der Waals surface area (Å²) in [5.41, 5.74) is 3.50. The third kappa shape index (κ3) is 3.50. The third-order valence-corrected chi connectivity index (χ3v) is 3.62. The first-order chi connectivity index (χ1) is 8.01. The Hall–Kier alpha value is -1.49. The zero-order valence-electron chi connectivity index (χ0n) is 9.62. The van der Waals surface area contributed by atoms with Crippen LogP contribution in [0.3, 0.4) is 0 Å². The summed E-state index contributed by atoms with van der Waals surface area (Å²) in [6.07, 6.45) is -6.07. The first-order valence-corrected chi connectivity index (χ1v) is 7.36. The average molecular weight is 281 g/mol. The van der Waals surface area contributed by atoms with E-state index in [4.69, 9.17) is 0 Å². The van der Waals surface area contributed by atoms with E-state index in [1.54, 1.807) is 0 Å². The number of rotatable bonds is 2. The molecule has 1 aromatic rings. The van der Waals surface area contributed by atoms with E-state index >= 15 is 0 Å². The minimum absolute atomic E-state index is 0.0478. The van der Waals surface area contributed by atoms with Gasteiger partial charge < -0.3 is 15.0 Å². The lowest BCUT2D eigenvalue weighted by molar-refractivity contribution is -0.138. The summed E-state index contributed by atoms with van der Waals surface area (Å²) < 4.78 is 54.2. The number of benzene rings is 1. The zero-order valence-corrected chi connectivity index (χ0v) is 10.5. The zero-order chi connectivity index (χ0) is 14.1. The van der Waals surface area contributed by atoms with Crippen molar-refractivity contribution in [3.63, 3.8) is 0 Å². The number of primary amides is 1. The molecule has 18 heavy (non-hydrogen) atoms. The van der Waals surface area contributed by atoms with E-state index in [9.17, 15) is 22.5 Å². The van der Waals surface area contributed by atoms with Gasteiger partial charge in [0, 0.05) is 5.30 Å². The molecule has 2 N–H and O–H groups in total. The number of carbonyl (C=O) groups excluding carboxylic acids is 1. The topological polar surface area (TPSA) is 69.4 Å². The van der Waals surface area contributed by atoms with Gasteiger partial charge in [0.05, 0.1) is 5.56 Å². The van der Waals surface area contributed by atoms with Crippen LogP contribution in [0.2, 0.25) is 0 Å². The molecule has 100 valence electrons. The number of carbonyl (C=O) groups is 1. The van der Waals surface area contributed by atoms with Gasteiger partial charge in [0.25, 0.3) is 0 Å². The van der Waals surface area contributed by atoms with Crippen molar-refractivity contribution in [2.45, 2.75) is 6.18 Å². The van der Waals surface area contributed by atoms with Crippen LogP contribution in [0, 0.1) is 0 Å². The van der Waals surface area contributed by atoms with Crippen LogP contribution < -0.4 is 15.8 Å². The molecule has 0 saturated heterocycles. The van der Waals surface area contributed by atoms with Crippen LogP contribution in [-0.2, 0) is 10.7 Å². The van der Waals surface area contributed by atoms with Crippen molar-refractivity contribution in [3.05, 3.63) is 23.8 Å². The van der Waals surface area contributed by atoms with Gasteiger partial charge in [-0.15, -0.1) is 0 Å². The Morgan fingerprint density at radius 3 is 2.28 bits per heavy atom. The number of ether oxygens (including phenoxy) is 1. The van der Waals surface area contributed by atoms with Crippen molar-refractivity contribution >= 4 is 18.5 Å². The van der Waals surface area contributed by atoms with Crippen molar-refractivity contribution in [2.24, 2.45) is 5.73 Å². The molecule has 0 spiro atoms. The van der Waals surface area contributed by atoms with E-state index in [-0.39, 0.29) is 5.30 Å². The summed E-state index contributed by atoms with van der Waals surface area (Å²) in [6.45, 7) is 2.69. The molecule has 1 rings (SSSR count). The highest BCUT2D eigenvalue weighted by Crippen LogP contribution is 2.40. The lowest BCUT2D eigenvalue weighted by Gasteiger charge is -2.15.